The summed E-state index contributed by atoms with van der Waals surface area (Å²) >= 11 is 0. The molecule has 5 nitrogen and oxygen atoms in total. The molecule has 0 aliphatic rings. The average Bonchev–Trinajstić information content (AvgIpc) is 2.86. The maximum atomic E-state index is 12.4. The number of benzene rings is 2. The van der Waals surface area contributed by atoms with E-state index in [1.807, 2.05) is 18.2 Å². The lowest BCUT2D eigenvalue weighted by Gasteiger charge is -2.04. The van der Waals surface area contributed by atoms with Crippen molar-refractivity contribution in [1.82, 2.24) is 9.55 Å². The number of carbonyl (C=O) groups excluding carboxylic acids is 1. The second-order valence-corrected chi connectivity index (χ2v) is 6.97. The fourth-order valence-corrected chi connectivity index (χ4v) is 3.56. The van der Waals surface area contributed by atoms with Crippen LogP contribution in [-0.2, 0) is 16.9 Å². The molecule has 2 aromatic carbocycles. The molecule has 0 aliphatic heterocycles. The number of nitrogens with zero attached hydrogens (tertiary/aromatic N) is 2. The molecule has 1 aromatic heterocycles. The predicted octanol–water partition coefficient (Wildman–Crippen LogP) is 2.23. The Bertz CT molecular complexity index is 944. The van der Waals surface area contributed by atoms with Gasteiger partial charge in [-0.3, -0.25) is 4.79 Å². The number of ketones is 1. The number of aromatic nitrogens is 2. The van der Waals surface area contributed by atoms with Gasteiger partial charge in [0.05, 0.1) is 15.9 Å². The Hall–Kier alpha value is -2.47. The minimum Gasteiger partial charge on any atom is -0.325 e. The third-order valence-corrected chi connectivity index (χ3v) is 5.09. The molecule has 22 heavy (non-hydrogen) atoms. The van der Waals surface area contributed by atoms with Crippen LogP contribution in [-0.4, -0.2) is 29.5 Å². The Morgan fingerprint density at radius 1 is 1.05 bits per heavy atom. The van der Waals surface area contributed by atoms with E-state index in [2.05, 4.69) is 4.98 Å². The third-order valence-electron chi connectivity index (χ3n) is 3.46. The number of rotatable bonds is 4. The van der Waals surface area contributed by atoms with Crippen molar-refractivity contribution in [3.05, 3.63) is 60.4 Å². The third kappa shape index (κ3) is 2.53. The monoisotopic (exact) mass is 314 g/mol. The SMILES string of the molecule is Cn1c(C(=O)CS(=O)(=O)c2ccccc2)nc2ccccc21. The van der Waals surface area contributed by atoms with Gasteiger partial charge in [0.25, 0.3) is 0 Å². The summed E-state index contributed by atoms with van der Waals surface area (Å²) in [6, 6.07) is 15.3. The number of hydrogen-bond donors (Lipinski definition) is 0. The van der Waals surface area contributed by atoms with Crippen LogP contribution in [0.1, 0.15) is 10.6 Å². The Kier molecular flexibility index (Phi) is 3.54. The highest BCUT2D eigenvalue weighted by Gasteiger charge is 2.23. The van der Waals surface area contributed by atoms with E-state index in [4.69, 9.17) is 0 Å². The number of hydrogen-bond acceptors (Lipinski definition) is 4. The van der Waals surface area contributed by atoms with Gasteiger partial charge in [-0.15, -0.1) is 0 Å². The van der Waals surface area contributed by atoms with Gasteiger partial charge in [0.1, 0.15) is 5.75 Å². The maximum absolute atomic E-state index is 12.4. The first-order chi connectivity index (χ1) is 10.5. The smallest absolute Gasteiger partial charge is 0.213 e. The van der Waals surface area contributed by atoms with Gasteiger partial charge in [-0.2, -0.15) is 0 Å². The Balaban J connectivity index is 1.96. The van der Waals surface area contributed by atoms with Gasteiger partial charge >= 0.3 is 0 Å². The van der Waals surface area contributed by atoms with Crippen LogP contribution in [0.4, 0.5) is 0 Å². The molecule has 0 amide bonds. The van der Waals surface area contributed by atoms with Crippen LogP contribution < -0.4 is 0 Å². The van der Waals surface area contributed by atoms with Crippen molar-refractivity contribution < 1.29 is 13.2 Å². The topological polar surface area (TPSA) is 69.0 Å². The first kappa shape index (κ1) is 14.5. The Labute approximate surface area is 128 Å². The summed E-state index contributed by atoms with van der Waals surface area (Å²) in [7, 11) is -1.96. The first-order valence-corrected chi connectivity index (χ1v) is 8.37. The largest absolute Gasteiger partial charge is 0.325 e. The number of aryl methyl sites for hydroxylation is 1. The molecule has 3 aromatic rings. The van der Waals surface area contributed by atoms with Gasteiger partial charge in [0.2, 0.25) is 5.78 Å². The highest BCUT2D eigenvalue weighted by molar-refractivity contribution is 7.92. The summed E-state index contributed by atoms with van der Waals surface area (Å²) < 4.78 is 26.2. The van der Waals surface area contributed by atoms with Crippen LogP contribution in [0.2, 0.25) is 0 Å². The summed E-state index contributed by atoms with van der Waals surface area (Å²) in [5.41, 5.74) is 1.47. The molecule has 0 radical (unpaired) electrons. The fraction of sp³-hybridized carbons (Fsp3) is 0.125. The predicted molar refractivity (Wildman–Crippen MR) is 83.5 cm³/mol. The van der Waals surface area contributed by atoms with Gasteiger partial charge in [-0.1, -0.05) is 30.3 Å². The molecule has 1 heterocycles. The highest BCUT2D eigenvalue weighted by atomic mass is 32.2. The summed E-state index contributed by atoms with van der Waals surface area (Å²) in [4.78, 5) is 16.7. The molecule has 0 fully saturated rings. The van der Waals surface area contributed by atoms with E-state index >= 15 is 0 Å². The average molecular weight is 314 g/mol. The highest BCUT2D eigenvalue weighted by Crippen LogP contribution is 2.17. The number of imidazole rings is 1. The molecule has 0 unspecified atom stereocenters. The molecule has 6 heteroatoms. The zero-order valence-electron chi connectivity index (χ0n) is 11.9. The van der Waals surface area contributed by atoms with Crippen LogP contribution in [0, 0.1) is 0 Å². The number of para-hydroxylation sites is 2. The van der Waals surface area contributed by atoms with Crippen molar-refractivity contribution in [2.24, 2.45) is 7.05 Å². The van der Waals surface area contributed by atoms with Crippen molar-refractivity contribution >= 4 is 26.7 Å². The second kappa shape index (κ2) is 5.38. The number of Topliss-reactive ketones (excluding diaryl/α,β-unsaturated/α-hetero) is 1. The van der Waals surface area contributed by atoms with E-state index in [0.717, 1.165) is 5.52 Å². The minimum atomic E-state index is -3.66. The Morgan fingerprint density at radius 3 is 2.36 bits per heavy atom. The van der Waals surface area contributed by atoms with Crippen LogP contribution in [0.5, 0.6) is 0 Å². The van der Waals surface area contributed by atoms with Crippen LogP contribution in [0.15, 0.2) is 59.5 Å². The Morgan fingerprint density at radius 2 is 1.68 bits per heavy atom. The van der Waals surface area contributed by atoms with Gasteiger partial charge in [0, 0.05) is 7.05 Å². The van der Waals surface area contributed by atoms with Gasteiger partial charge < -0.3 is 4.57 Å². The van der Waals surface area contributed by atoms with Crippen LogP contribution in [0.25, 0.3) is 11.0 Å². The number of fused-ring (bicyclic) bond motifs is 1. The molecule has 0 bridgehead atoms. The molecule has 112 valence electrons. The maximum Gasteiger partial charge on any atom is 0.213 e. The first-order valence-electron chi connectivity index (χ1n) is 6.71. The van der Waals surface area contributed by atoms with E-state index in [9.17, 15) is 13.2 Å². The van der Waals surface area contributed by atoms with Gasteiger partial charge in [-0.05, 0) is 24.3 Å². The molecule has 0 spiro atoms. The fourth-order valence-electron chi connectivity index (χ4n) is 2.34. The van der Waals surface area contributed by atoms with Crippen molar-refractivity contribution in [1.29, 1.82) is 0 Å². The molecule has 0 saturated heterocycles. The van der Waals surface area contributed by atoms with Crippen molar-refractivity contribution in [2.75, 3.05) is 5.75 Å². The molecular weight excluding hydrogens is 300 g/mol. The number of carbonyl (C=O) groups is 1. The van der Waals surface area contributed by atoms with E-state index in [0.29, 0.717) is 5.52 Å². The lowest BCUT2D eigenvalue weighted by Crippen LogP contribution is -2.19. The summed E-state index contributed by atoms with van der Waals surface area (Å²) in [6.45, 7) is 0. The van der Waals surface area contributed by atoms with Crippen molar-refractivity contribution in [2.45, 2.75) is 4.90 Å². The lowest BCUT2D eigenvalue weighted by molar-refractivity contribution is 0.100. The molecule has 0 N–H and O–H groups in total. The van der Waals surface area contributed by atoms with Gasteiger partial charge in [0.15, 0.2) is 15.7 Å². The second-order valence-electron chi connectivity index (χ2n) is 4.98. The van der Waals surface area contributed by atoms with E-state index in [-0.39, 0.29) is 10.7 Å². The van der Waals surface area contributed by atoms with Crippen molar-refractivity contribution in [3.8, 4) is 0 Å². The van der Waals surface area contributed by atoms with Gasteiger partial charge in [-0.25, -0.2) is 13.4 Å². The molecule has 0 saturated carbocycles. The number of sulfone groups is 1. The zero-order chi connectivity index (χ0) is 15.7. The zero-order valence-corrected chi connectivity index (χ0v) is 12.7. The van der Waals surface area contributed by atoms with Crippen molar-refractivity contribution in [3.63, 3.8) is 0 Å². The molecule has 0 aliphatic carbocycles. The molecular formula is C16H14N2O3S. The van der Waals surface area contributed by atoms with Crippen LogP contribution in [0.3, 0.4) is 0 Å². The lowest BCUT2D eigenvalue weighted by atomic mass is 10.3. The normalized spacial score (nSPS) is 11.7. The summed E-state index contributed by atoms with van der Waals surface area (Å²) in [5, 5.41) is 0. The summed E-state index contributed by atoms with van der Waals surface area (Å²) in [5.74, 6) is -0.947. The standard InChI is InChI=1S/C16H14N2O3S/c1-18-14-10-6-5-9-13(14)17-16(18)15(19)11-22(20,21)12-7-3-2-4-8-12/h2-10H,11H2,1H3. The summed E-state index contributed by atoms with van der Waals surface area (Å²) in [6.07, 6.45) is 0. The van der Waals surface area contributed by atoms with E-state index < -0.39 is 21.4 Å². The van der Waals surface area contributed by atoms with Crippen LogP contribution >= 0.6 is 0 Å². The van der Waals surface area contributed by atoms with E-state index in [1.54, 1.807) is 35.9 Å². The minimum absolute atomic E-state index is 0.141. The molecule has 0 atom stereocenters. The van der Waals surface area contributed by atoms with E-state index in [1.165, 1.54) is 12.1 Å². The quantitative estimate of drug-likeness (QED) is 0.693. The molecule has 3 rings (SSSR count).